The molecule has 0 aliphatic heterocycles. The van der Waals surface area contributed by atoms with Gasteiger partial charge in [0.1, 0.15) is 10.7 Å². The van der Waals surface area contributed by atoms with Gasteiger partial charge in [0, 0.05) is 17.0 Å². The molecule has 0 aliphatic rings. The van der Waals surface area contributed by atoms with Crippen LogP contribution in [0.3, 0.4) is 0 Å². The highest BCUT2D eigenvalue weighted by molar-refractivity contribution is 7.16. The minimum absolute atomic E-state index is 0.0984. The number of rotatable bonds is 6. The molecule has 0 saturated carbocycles. The zero-order valence-corrected chi connectivity index (χ0v) is 17.8. The van der Waals surface area contributed by atoms with Gasteiger partial charge in [-0.05, 0) is 43.7 Å². The van der Waals surface area contributed by atoms with Crippen LogP contribution in [-0.2, 0) is 16.1 Å². The average molecular weight is 435 g/mol. The molecule has 0 radical (unpaired) electrons. The van der Waals surface area contributed by atoms with E-state index in [0.717, 1.165) is 10.4 Å². The van der Waals surface area contributed by atoms with Crippen LogP contribution in [0, 0.1) is 13.8 Å². The van der Waals surface area contributed by atoms with Crippen LogP contribution in [0.15, 0.2) is 24.3 Å². The van der Waals surface area contributed by atoms with E-state index in [1.165, 1.54) is 30.2 Å². The van der Waals surface area contributed by atoms with Crippen molar-refractivity contribution in [2.75, 3.05) is 19.5 Å². The maximum atomic E-state index is 12.9. The van der Waals surface area contributed by atoms with Gasteiger partial charge in [-0.25, -0.2) is 9.48 Å². The molecule has 1 amide bonds. The van der Waals surface area contributed by atoms with Gasteiger partial charge in [-0.1, -0.05) is 16.8 Å². The number of carbonyl (C=O) groups is 2. The van der Waals surface area contributed by atoms with Crippen LogP contribution < -0.4 is 5.32 Å². The van der Waals surface area contributed by atoms with Crippen molar-refractivity contribution in [3.8, 4) is 5.69 Å². The van der Waals surface area contributed by atoms with Gasteiger partial charge in [0.25, 0.3) is 5.91 Å². The first-order valence-corrected chi connectivity index (χ1v) is 9.75. The van der Waals surface area contributed by atoms with Crippen LogP contribution in [0.4, 0.5) is 5.00 Å². The molecule has 8 nitrogen and oxygen atoms in total. The van der Waals surface area contributed by atoms with E-state index in [9.17, 15) is 9.59 Å². The van der Waals surface area contributed by atoms with Crippen LogP contribution in [0.2, 0.25) is 5.02 Å². The molecule has 0 unspecified atom stereocenters. The van der Waals surface area contributed by atoms with Gasteiger partial charge in [0.2, 0.25) is 0 Å². The number of hydrogen-bond acceptors (Lipinski definition) is 7. The number of aromatic nitrogens is 3. The van der Waals surface area contributed by atoms with E-state index in [2.05, 4.69) is 15.6 Å². The molecule has 0 aliphatic carbocycles. The topological polar surface area (TPSA) is 95.3 Å². The van der Waals surface area contributed by atoms with E-state index < -0.39 is 11.9 Å². The maximum Gasteiger partial charge on any atom is 0.341 e. The molecule has 10 heteroatoms. The number of methoxy groups -OCH3 is 2. The molecule has 0 bridgehead atoms. The summed E-state index contributed by atoms with van der Waals surface area (Å²) < 4.78 is 11.6. The standard InChI is InChI=1S/C19H19ClN4O4S/c1-10-11(2)29-18(15(10)19(26)28-4)21-17(25)16-14(9-27-3)24(23-22-16)13-7-5-12(20)6-8-13/h5-8H,9H2,1-4H3,(H,21,25). The summed E-state index contributed by atoms with van der Waals surface area (Å²) in [7, 11) is 2.82. The summed E-state index contributed by atoms with van der Waals surface area (Å²) in [5.74, 6) is -1.01. The minimum atomic E-state index is -0.510. The molecule has 152 valence electrons. The molecule has 3 aromatic rings. The number of nitrogens with zero attached hydrogens (tertiary/aromatic N) is 3. The van der Waals surface area contributed by atoms with E-state index >= 15 is 0 Å². The first-order valence-electron chi connectivity index (χ1n) is 8.56. The van der Waals surface area contributed by atoms with Gasteiger partial charge < -0.3 is 14.8 Å². The Hall–Kier alpha value is -2.75. The summed E-state index contributed by atoms with van der Waals surface area (Å²) in [6, 6.07) is 6.96. The van der Waals surface area contributed by atoms with Crippen molar-refractivity contribution >= 4 is 39.8 Å². The molecule has 2 heterocycles. The zero-order valence-electron chi connectivity index (χ0n) is 16.3. The summed E-state index contributed by atoms with van der Waals surface area (Å²) in [4.78, 5) is 26.0. The monoisotopic (exact) mass is 434 g/mol. The van der Waals surface area contributed by atoms with E-state index in [1.54, 1.807) is 31.2 Å². The van der Waals surface area contributed by atoms with Crippen LogP contribution in [-0.4, -0.2) is 41.1 Å². The van der Waals surface area contributed by atoms with Gasteiger partial charge in [-0.2, -0.15) is 0 Å². The number of thiophene rings is 1. The molecule has 1 N–H and O–H groups in total. The predicted octanol–water partition coefficient (Wildman–Crippen LogP) is 3.78. The number of ether oxygens (including phenoxy) is 2. The maximum absolute atomic E-state index is 12.9. The third-order valence-electron chi connectivity index (χ3n) is 4.33. The number of hydrogen-bond donors (Lipinski definition) is 1. The van der Waals surface area contributed by atoms with Crippen molar-refractivity contribution in [2.24, 2.45) is 0 Å². The Morgan fingerprint density at radius 1 is 1.21 bits per heavy atom. The molecule has 0 saturated heterocycles. The van der Waals surface area contributed by atoms with Gasteiger partial charge >= 0.3 is 5.97 Å². The minimum Gasteiger partial charge on any atom is -0.465 e. The quantitative estimate of drug-likeness (QED) is 0.593. The summed E-state index contributed by atoms with van der Waals surface area (Å²) in [5, 5.41) is 11.9. The largest absolute Gasteiger partial charge is 0.465 e. The van der Waals surface area contributed by atoms with Crippen molar-refractivity contribution in [1.29, 1.82) is 0 Å². The van der Waals surface area contributed by atoms with Crippen molar-refractivity contribution < 1.29 is 19.1 Å². The Labute approximate surface area is 176 Å². The van der Waals surface area contributed by atoms with Gasteiger partial charge in [0.05, 0.1) is 25.0 Å². The Bertz CT molecular complexity index is 1060. The fourth-order valence-electron chi connectivity index (χ4n) is 2.76. The third-order valence-corrected chi connectivity index (χ3v) is 5.71. The van der Waals surface area contributed by atoms with Crippen LogP contribution in [0.5, 0.6) is 0 Å². The van der Waals surface area contributed by atoms with Crippen LogP contribution in [0.25, 0.3) is 5.69 Å². The second-order valence-corrected chi connectivity index (χ2v) is 7.80. The molecule has 3 rings (SSSR count). The molecule has 0 spiro atoms. The first-order chi connectivity index (χ1) is 13.9. The average Bonchev–Trinajstić information content (AvgIpc) is 3.23. The fourth-order valence-corrected chi connectivity index (χ4v) is 3.93. The Kier molecular flexibility index (Phi) is 6.31. The lowest BCUT2D eigenvalue weighted by molar-refractivity contribution is 0.0601. The van der Waals surface area contributed by atoms with Crippen LogP contribution >= 0.6 is 22.9 Å². The van der Waals surface area contributed by atoms with E-state index in [-0.39, 0.29) is 12.3 Å². The van der Waals surface area contributed by atoms with Gasteiger partial charge in [-0.15, -0.1) is 16.4 Å². The number of anilines is 1. The Balaban J connectivity index is 1.97. The molecular formula is C19H19ClN4O4S. The SMILES string of the molecule is COCc1c(C(=O)Nc2sc(C)c(C)c2C(=O)OC)nnn1-c1ccc(Cl)cc1. The molecule has 0 fully saturated rings. The second-order valence-electron chi connectivity index (χ2n) is 6.14. The summed E-state index contributed by atoms with van der Waals surface area (Å²) in [5.41, 5.74) is 2.35. The highest BCUT2D eigenvalue weighted by Crippen LogP contribution is 2.33. The number of carbonyl (C=O) groups excluding carboxylic acids is 2. The van der Waals surface area contributed by atoms with Crippen molar-refractivity contribution in [3.05, 3.63) is 56.7 Å². The Morgan fingerprint density at radius 2 is 1.90 bits per heavy atom. The fraction of sp³-hybridized carbons (Fsp3) is 0.263. The molecule has 0 atom stereocenters. The van der Waals surface area contributed by atoms with Crippen molar-refractivity contribution in [1.82, 2.24) is 15.0 Å². The normalized spacial score (nSPS) is 10.8. The summed E-state index contributed by atoms with van der Waals surface area (Å²) in [6.45, 7) is 3.79. The number of esters is 1. The Morgan fingerprint density at radius 3 is 2.52 bits per heavy atom. The third kappa shape index (κ3) is 4.16. The highest BCUT2D eigenvalue weighted by atomic mass is 35.5. The number of aryl methyl sites for hydroxylation is 1. The molecule has 1 aromatic carbocycles. The number of amides is 1. The lowest BCUT2D eigenvalue weighted by atomic mass is 10.1. The second kappa shape index (κ2) is 8.73. The molecule has 29 heavy (non-hydrogen) atoms. The molecular weight excluding hydrogens is 416 g/mol. The summed E-state index contributed by atoms with van der Waals surface area (Å²) in [6.07, 6.45) is 0. The van der Waals surface area contributed by atoms with Gasteiger partial charge in [-0.3, -0.25) is 4.79 Å². The lowest BCUT2D eigenvalue weighted by Gasteiger charge is -2.08. The van der Waals surface area contributed by atoms with Crippen molar-refractivity contribution in [2.45, 2.75) is 20.5 Å². The van der Waals surface area contributed by atoms with Crippen LogP contribution in [0.1, 0.15) is 37.0 Å². The number of nitrogens with one attached hydrogen (secondary N) is 1. The predicted molar refractivity (Wildman–Crippen MR) is 110 cm³/mol. The first kappa shape index (κ1) is 21.0. The van der Waals surface area contributed by atoms with E-state index in [4.69, 9.17) is 21.1 Å². The zero-order chi connectivity index (χ0) is 21.1. The van der Waals surface area contributed by atoms with E-state index in [1.807, 2.05) is 6.92 Å². The number of halogens is 1. The highest BCUT2D eigenvalue weighted by Gasteiger charge is 2.25. The van der Waals surface area contributed by atoms with Gasteiger partial charge in [0.15, 0.2) is 5.69 Å². The van der Waals surface area contributed by atoms with Crippen molar-refractivity contribution in [3.63, 3.8) is 0 Å². The number of benzene rings is 1. The van der Waals surface area contributed by atoms with E-state index in [0.29, 0.717) is 27.0 Å². The summed E-state index contributed by atoms with van der Waals surface area (Å²) >= 11 is 7.24. The molecule has 2 aromatic heterocycles. The smallest absolute Gasteiger partial charge is 0.341 e. The lowest BCUT2D eigenvalue weighted by Crippen LogP contribution is -2.17.